The van der Waals surface area contributed by atoms with Crippen LogP contribution in [0.2, 0.25) is 0 Å². The summed E-state index contributed by atoms with van der Waals surface area (Å²) in [5.74, 6) is 0.0503. The summed E-state index contributed by atoms with van der Waals surface area (Å²) in [6, 6.07) is 19.5. The second kappa shape index (κ2) is 9.34. The van der Waals surface area contributed by atoms with Gasteiger partial charge in [0.1, 0.15) is 5.75 Å². The lowest BCUT2D eigenvalue weighted by molar-refractivity contribution is -0.384. The number of nitrogens with zero attached hydrogens (tertiary/aromatic N) is 1. The van der Waals surface area contributed by atoms with Crippen LogP contribution in [0.5, 0.6) is 5.75 Å². The number of rotatable bonds is 7. The Labute approximate surface area is 176 Å². The normalized spacial score (nSPS) is 10.4. The molecule has 0 aromatic heterocycles. The Morgan fingerprint density at radius 3 is 2.59 bits per heavy atom. The predicted molar refractivity (Wildman–Crippen MR) is 116 cm³/mol. The quantitative estimate of drug-likeness (QED) is 0.375. The molecule has 0 bridgehead atoms. The van der Waals surface area contributed by atoms with Gasteiger partial charge in [0.25, 0.3) is 11.6 Å². The largest absolute Gasteiger partial charge is 0.492 e. The van der Waals surface area contributed by atoms with E-state index in [1.807, 2.05) is 30.3 Å². The summed E-state index contributed by atoms with van der Waals surface area (Å²) >= 11 is 3.38. The van der Waals surface area contributed by atoms with Crippen LogP contribution < -0.4 is 10.1 Å². The van der Waals surface area contributed by atoms with Crippen LogP contribution in [-0.4, -0.2) is 17.4 Å². The molecule has 0 aliphatic carbocycles. The predicted octanol–water partition coefficient (Wildman–Crippen LogP) is 5.54. The van der Waals surface area contributed by atoms with Crippen molar-refractivity contribution in [3.8, 4) is 5.75 Å². The molecule has 0 unspecified atom stereocenters. The fraction of sp³-hybridized carbons (Fsp3) is 0.136. The minimum atomic E-state index is -0.494. The number of amides is 1. The second-order valence-corrected chi connectivity index (χ2v) is 7.35. The summed E-state index contributed by atoms with van der Waals surface area (Å²) in [5.41, 5.74) is 2.52. The number of nitrogens with one attached hydrogen (secondary N) is 1. The molecular weight excluding hydrogens is 436 g/mol. The molecule has 6 nitrogen and oxygen atoms in total. The molecule has 1 amide bonds. The third kappa shape index (κ3) is 5.42. The van der Waals surface area contributed by atoms with E-state index in [0.717, 1.165) is 15.6 Å². The molecule has 0 radical (unpaired) electrons. The van der Waals surface area contributed by atoms with Crippen LogP contribution in [0.15, 0.2) is 71.2 Å². The highest BCUT2D eigenvalue weighted by atomic mass is 79.9. The number of hydrogen-bond donors (Lipinski definition) is 1. The third-order valence-corrected chi connectivity index (χ3v) is 4.85. The van der Waals surface area contributed by atoms with Crippen molar-refractivity contribution in [3.05, 3.63) is 98.0 Å². The average molecular weight is 455 g/mol. The molecule has 0 aliphatic rings. The fourth-order valence-corrected chi connectivity index (χ4v) is 3.14. The van der Waals surface area contributed by atoms with Gasteiger partial charge in [0, 0.05) is 23.0 Å². The first kappa shape index (κ1) is 20.5. The monoisotopic (exact) mass is 454 g/mol. The number of ether oxygens (including phenoxy) is 1. The van der Waals surface area contributed by atoms with Crippen LogP contribution in [0.25, 0.3) is 0 Å². The lowest BCUT2D eigenvalue weighted by Crippen LogP contribution is -2.15. The molecule has 148 valence electrons. The molecule has 3 aromatic carbocycles. The van der Waals surface area contributed by atoms with E-state index in [-0.39, 0.29) is 5.69 Å². The maximum absolute atomic E-state index is 12.9. The zero-order valence-corrected chi connectivity index (χ0v) is 17.3. The fourth-order valence-electron chi connectivity index (χ4n) is 2.78. The summed E-state index contributed by atoms with van der Waals surface area (Å²) in [4.78, 5) is 23.4. The maximum Gasteiger partial charge on any atom is 0.271 e. The van der Waals surface area contributed by atoms with Gasteiger partial charge >= 0.3 is 0 Å². The highest BCUT2D eigenvalue weighted by molar-refractivity contribution is 9.10. The Morgan fingerprint density at radius 1 is 1.10 bits per heavy atom. The number of carbonyl (C=O) groups is 1. The molecule has 1 N–H and O–H groups in total. The summed E-state index contributed by atoms with van der Waals surface area (Å²) in [7, 11) is 0. The van der Waals surface area contributed by atoms with Gasteiger partial charge in [0.15, 0.2) is 0 Å². The molecule has 0 saturated carbocycles. The average Bonchev–Trinajstić information content (AvgIpc) is 2.71. The maximum atomic E-state index is 12.9. The zero-order chi connectivity index (χ0) is 20.8. The van der Waals surface area contributed by atoms with Crippen LogP contribution in [0, 0.1) is 17.0 Å². The Hall–Kier alpha value is -3.19. The summed E-state index contributed by atoms with van der Waals surface area (Å²) in [5, 5.41) is 13.8. The highest BCUT2D eigenvalue weighted by Gasteiger charge is 2.16. The van der Waals surface area contributed by atoms with E-state index in [1.165, 1.54) is 12.1 Å². The minimum absolute atomic E-state index is 0.0838. The van der Waals surface area contributed by atoms with Gasteiger partial charge < -0.3 is 10.1 Å². The number of carbonyl (C=O) groups excluding carboxylic acids is 1. The molecule has 0 saturated heterocycles. The smallest absolute Gasteiger partial charge is 0.271 e. The van der Waals surface area contributed by atoms with Crippen LogP contribution in [0.4, 0.5) is 11.4 Å². The Balaban J connectivity index is 1.77. The lowest BCUT2D eigenvalue weighted by atomic mass is 10.1. The van der Waals surface area contributed by atoms with Crippen molar-refractivity contribution >= 4 is 33.2 Å². The van der Waals surface area contributed by atoms with Gasteiger partial charge in [-0.25, -0.2) is 0 Å². The molecule has 0 aliphatic heterocycles. The summed E-state index contributed by atoms with van der Waals surface area (Å²) in [6.07, 6.45) is 0.710. The van der Waals surface area contributed by atoms with Crippen molar-refractivity contribution in [3.63, 3.8) is 0 Å². The standard InChI is InChI=1S/C22H19BrN2O4/c1-15-7-9-18(25(27)28)14-20(15)24-22(26)19-13-17(23)8-10-21(19)29-12-11-16-5-3-2-4-6-16/h2-10,13-14H,11-12H2,1H3,(H,24,26). The summed E-state index contributed by atoms with van der Waals surface area (Å²) < 4.78 is 6.59. The lowest BCUT2D eigenvalue weighted by Gasteiger charge is -2.13. The molecule has 0 spiro atoms. The molecular formula is C22H19BrN2O4. The first-order valence-electron chi connectivity index (χ1n) is 8.96. The van der Waals surface area contributed by atoms with Gasteiger partial charge in [0.05, 0.1) is 22.8 Å². The van der Waals surface area contributed by atoms with Crippen LogP contribution in [0.3, 0.4) is 0 Å². The second-order valence-electron chi connectivity index (χ2n) is 6.43. The van der Waals surface area contributed by atoms with Crippen molar-refractivity contribution < 1.29 is 14.5 Å². The molecule has 0 atom stereocenters. The highest BCUT2D eigenvalue weighted by Crippen LogP contribution is 2.27. The van der Waals surface area contributed by atoms with Gasteiger partial charge in [-0.3, -0.25) is 14.9 Å². The zero-order valence-electron chi connectivity index (χ0n) is 15.7. The van der Waals surface area contributed by atoms with Gasteiger partial charge in [0.2, 0.25) is 0 Å². The van der Waals surface area contributed by atoms with Gasteiger partial charge in [-0.2, -0.15) is 0 Å². The van der Waals surface area contributed by atoms with E-state index in [2.05, 4.69) is 21.2 Å². The Morgan fingerprint density at radius 2 is 1.86 bits per heavy atom. The van der Waals surface area contributed by atoms with Crippen molar-refractivity contribution in [2.24, 2.45) is 0 Å². The van der Waals surface area contributed by atoms with E-state index in [9.17, 15) is 14.9 Å². The van der Waals surface area contributed by atoms with Crippen molar-refractivity contribution in [1.82, 2.24) is 0 Å². The van der Waals surface area contributed by atoms with Crippen molar-refractivity contribution in [2.45, 2.75) is 13.3 Å². The van der Waals surface area contributed by atoms with Gasteiger partial charge in [-0.05, 0) is 36.2 Å². The van der Waals surface area contributed by atoms with Crippen LogP contribution in [0.1, 0.15) is 21.5 Å². The van der Waals surface area contributed by atoms with Gasteiger partial charge in [-0.1, -0.05) is 52.3 Å². The topological polar surface area (TPSA) is 81.5 Å². The van der Waals surface area contributed by atoms with E-state index < -0.39 is 10.8 Å². The summed E-state index contributed by atoms with van der Waals surface area (Å²) in [6.45, 7) is 2.19. The number of nitro benzene ring substituents is 1. The molecule has 0 fully saturated rings. The molecule has 3 aromatic rings. The number of anilines is 1. The van der Waals surface area contributed by atoms with Crippen LogP contribution >= 0.6 is 15.9 Å². The molecule has 7 heteroatoms. The number of hydrogen-bond acceptors (Lipinski definition) is 4. The van der Waals surface area contributed by atoms with E-state index in [4.69, 9.17) is 4.74 Å². The first-order chi connectivity index (χ1) is 13.9. The minimum Gasteiger partial charge on any atom is -0.492 e. The molecule has 29 heavy (non-hydrogen) atoms. The van der Waals surface area contributed by atoms with Crippen LogP contribution in [-0.2, 0) is 6.42 Å². The SMILES string of the molecule is Cc1ccc([N+](=O)[O-])cc1NC(=O)c1cc(Br)ccc1OCCc1ccccc1. The molecule has 0 heterocycles. The number of non-ortho nitro benzene ring substituents is 1. The number of benzene rings is 3. The van der Waals surface area contributed by atoms with E-state index in [0.29, 0.717) is 30.0 Å². The number of aryl methyl sites for hydroxylation is 1. The van der Waals surface area contributed by atoms with E-state index >= 15 is 0 Å². The molecule has 3 rings (SSSR count). The Kier molecular flexibility index (Phi) is 6.61. The first-order valence-corrected chi connectivity index (χ1v) is 9.76. The van der Waals surface area contributed by atoms with Crippen molar-refractivity contribution in [2.75, 3.05) is 11.9 Å². The number of halogens is 1. The third-order valence-electron chi connectivity index (χ3n) is 4.36. The van der Waals surface area contributed by atoms with Gasteiger partial charge in [-0.15, -0.1) is 0 Å². The number of nitro groups is 1. The van der Waals surface area contributed by atoms with E-state index in [1.54, 1.807) is 31.2 Å². The Bertz CT molecular complexity index is 1040. The van der Waals surface area contributed by atoms with Crippen molar-refractivity contribution in [1.29, 1.82) is 0 Å².